The molecule has 0 saturated carbocycles. The van der Waals surface area contributed by atoms with E-state index >= 15 is 0 Å². The number of nitrogens with one attached hydrogen (secondary N) is 1. The molecule has 3 heteroatoms. The zero-order valence-electron chi connectivity index (χ0n) is 8.76. The van der Waals surface area contributed by atoms with Crippen molar-refractivity contribution in [1.29, 1.82) is 0 Å². The van der Waals surface area contributed by atoms with Crippen molar-refractivity contribution in [2.45, 2.75) is 32.1 Å². The number of aromatic nitrogens is 1. The van der Waals surface area contributed by atoms with E-state index in [2.05, 4.69) is 24.3 Å². The van der Waals surface area contributed by atoms with Crippen molar-refractivity contribution in [1.82, 2.24) is 10.5 Å². The number of fused-ring (bicyclic) bond motifs is 2. The molecule has 1 spiro atoms. The van der Waals surface area contributed by atoms with E-state index in [1.165, 1.54) is 12.0 Å². The molecule has 3 rings (SSSR count). The Hall–Kier alpha value is -0.830. The highest BCUT2D eigenvalue weighted by Gasteiger charge is 2.49. The summed E-state index contributed by atoms with van der Waals surface area (Å²) in [7, 11) is 0. The van der Waals surface area contributed by atoms with Gasteiger partial charge in [0.2, 0.25) is 0 Å². The van der Waals surface area contributed by atoms with Crippen LogP contribution in [0.5, 0.6) is 0 Å². The molecule has 2 aliphatic rings. The first-order chi connectivity index (χ1) is 6.74. The smallest absolute Gasteiger partial charge is 0.141 e. The predicted octanol–water partition coefficient (Wildman–Crippen LogP) is 1.41. The number of rotatable bonds is 0. The van der Waals surface area contributed by atoms with Crippen molar-refractivity contribution in [3.63, 3.8) is 0 Å². The standard InChI is InChI=1S/C11H16N2O/c1-7-5-9-10(8(2)13-14-9)11(7)3-4-12-6-11/h7,12H,3-6H2,1-2H3. The SMILES string of the molecule is Cc1noc2c1C1(CCNC1)C(C)C2. The van der Waals surface area contributed by atoms with Crippen molar-refractivity contribution >= 4 is 0 Å². The van der Waals surface area contributed by atoms with Gasteiger partial charge in [-0.05, 0) is 25.8 Å². The number of hydrogen-bond acceptors (Lipinski definition) is 3. The van der Waals surface area contributed by atoms with E-state index < -0.39 is 0 Å². The van der Waals surface area contributed by atoms with Crippen LogP contribution >= 0.6 is 0 Å². The summed E-state index contributed by atoms with van der Waals surface area (Å²) in [5.74, 6) is 1.84. The summed E-state index contributed by atoms with van der Waals surface area (Å²) in [6, 6.07) is 0. The summed E-state index contributed by atoms with van der Waals surface area (Å²) in [6.07, 6.45) is 2.31. The largest absolute Gasteiger partial charge is 0.361 e. The zero-order chi connectivity index (χ0) is 9.76. The second-order valence-electron chi connectivity index (χ2n) is 4.75. The minimum atomic E-state index is 0.333. The van der Waals surface area contributed by atoms with Gasteiger partial charge in [-0.3, -0.25) is 0 Å². The minimum absolute atomic E-state index is 0.333. The van der Waals surface area contributed by atoms with Crippen molar-refractivity contribution in [3.05, 3.63) is 17.0 Å². The number of nitrogens with zero attached hydrogens (tertiary/aromatic N) is 1. The Bertz CT molecular complexity index is 363. The number of hydrogen-bond donors (Lipinski definition) is 1. The maximum Gasteiger partial charge on any atom is 0.141 e. The van der Waals surface area contributed by atoms with Crippen LogP contribution in [-0.4, -0.2) is 18.2 Å². The van der Waals surface area contributed by atoms with Crippen LogP contribution < -0.4 is 5.32 Å². The van der Waals surface area contributed by atoms with E-state index in [0.29, 0.717) is 11.3 Å². The van der Waals surface area contributed by atoms with Gasteiger partial charge in [0.1, 0.15) is 5.76 Å². The summed E-state index contributed by atoms with van der Waals surface area (Å²) >= 11 is 0. The summed E-state index contributed by atoms with van der Waals surface area (Å²) in [4.78, 5) is 0. The fraction of sp³-hybridized carbons (Fsp3) is 0.727. The second kappa shape index (κ2) is 2.60. The Morgan fingerprint density at radius 2 is 2.43 bits per heavy atom. The van der Waals surface area contributed by atoms with Gasteiger partial charge in [-0.15, -0.1) is 0 Å². The van der Waals surface area contributed by atoms with Gasteiger partial charge in [0.05, 0.1) is 5.69 Å². The molecule has 1 fully saturated rings. The lowest BCUT2D eigenvalue weighted by molar-refractivity contribution is 0.318. The lowest BCUT2D eigenvalue weighted by Crippen LogP contribution is -2.33. The quantitative estimate of drug-likeness (QED) is 0.675. The van der Waals surface area contributed by atoms with E-state index in [-0.39, 0.29) is 0 Å². The van der Waals surface area contributed by atoms with E-state index in [9.17, 15) is 0 Å². The van der Waals surface area contributed by atoms with Gasteiger partial charge in [-0.2, -0.15) is 0 Å². The molecule has 1 aromatic rings. The monoisotopic (exact) mass is 192 g/mol. The lowest BCUT2D eigenvalue weighted by atomic mass is 9.74. The molecule has 14 heavy (non-hydrogen) atoms. The van der Waals surface area contributed by atoms with E-state index in [1.54, 1.807) is 0 Å². The van der Waals surface area contributed by atoms with Gasteiger partial charge in [0, 0.05) is 23.9 Å². The van der Waals surface area contributed by atoms with Crippen LogP contribution in [0.1, 0.15) is 30.4 Å². The molecule has 2 atom stereocenters. The molecule has 0 bridgehead atoms. The molecule has 1 N–H and O–H groups in total. The molecule has 1 aliphatic carbocycles. The van der Waals surface area contributed by atoms with Crippen molar-refractivity contribution in [2.75, 3.05) is 13.1 Å². The Labute approximate surface area is 83.9 Å². The Kier molecular flexibility index (Phi) is 1.57. The normalized spacial score (nSPS) is 35.4. The first kappa shape index (κ1) is 8.48. The molecule has 1 aliphatic heterocycles. The van der Waals surface area contributed by atoms with E-state index in [1.807, 2.05) is 0 Å². The van der Waals surface area contributed by atoms with Gasteiger partial charge in [0.15, 0.2) is 0 Å². The average Bonchev–Trinajstić information content (AvgIpc) is 2.79. The molecular weight excluding hydrogens is 176 g/mol. The molecular formula is C11H16N2O. The summed E-state index contributed by atoms with van der Waals surface area (Å²) in [5.41, 5.74) is 2.85. The average molecular weight is 192 g/mol. The summed E-state index contributed by atoms with van der Waals surface area (Å²) in [6.45, 7) is 6.64. The van der Waals surface area contributed by atoms with Crippen LogP contribution in [0.25, 0.3) is 0 Å². The maximum atomic E-state index is 5.39. The Balaban J connectivity index is 2.16. The van der Waals surface area contributed by atoms with Gasteiger partial charge in [0.25, 0.3) is 0 Å². The fourth-order valence-corrected chi connectivity index (χ4v) is 3.26. The van der Waals surface area contributed by atoms with E-state index in [0.717, 1.165) is 31.0 Å². The second-order valence-corrected chi connectivity index (χ2v) is 4.75. The van der Waals surface area contributed by atoms with Gasteiger partial charge in [-0.1, -0.05) is 12.1 Å². The van der Waals surface area contributed by atoms with Crippen LogP contribution in [-0.2, 0) is 11.8 Å². The minimum Gasteiger partial charge on any atom is -0.361 e. The maximum absolute atomic E-state index is 5.39. The third-order valence-corrected chi connectivity index (χ3v) is 4.05. The molecule has 76 valence electrons. The third-order valence-electron chi connectivity index (χ3n) is 4.05. The zero-order valence-corrected chi connectivity index (χ0v) is 8.76. The third kappa shape index (κ3) is 0.836. The molecule has 0 aromatic carbocycles. The molecule has 1 saturated heterocycles. The van der Waals surface area contributed by atoms with Gasteiger partial charge < -0.3 is 9.84 Å². The first-order valence-electron chi connectivity index (χ1n) is 5.40. The van der Waals surface area contributed by atoms with Crippen molar-refractivity contribution in [3.8, 4) is 0 Å². The fourth-order valence-electron chi connectivity index (χ4n) is 3.26. The predicted molar refractivity (Wildman–Crippen MR) is 53.3 cm³/mol. The molecule has 0 radical (unpaired) electrons. The van der Waals surface area contributed by atoms with E-state index in [4.69, 9.17) is 4.52 Å². The van der Waals surface area contributed by atoms with Gasteiger partial charge in [-0.25, -0.2) is 0 Å². The highest BCUT2D eigenvalue weighted by Crippen LogP contribution is 2.48. The molecule has 0 amide bonds. The van der Waals surface area contributed by atoms with Crippen molar-refractivity contribution in [2.24, 2.45) is 5.92 Å². The highest BCUT2D eigenvalue weighted by molar-refractivity contribution is 5.39. The topological polar surface area (TPSA) is 38.1 Å². The molecule has 1 aromatic heterocycles. The molecule has 3 nitrogen and oxygen atoms in total. The van der Waals surface area contributed by atoms with Crippen LogP contribution in [0.15, 0.2) is 4.52 Å². The summed E-state index contributed by atoms with van der Waals surface area (Å²) < 4.78 is 5.39. The van der Waals surface area contributed by atoms with Crippen LogP contribution in [0, 0.1) is 12.8 Å². The molecule has 2 heterocycles. The highest BCUT2D eigenvalue weighted by atomic mass is 16.5. The van der Waals surface area contributed by atoms with Crippen LogP contribution in [0.4, 0.5) is 0 Å². The van der Waals surface area contributed by atoms with Crippen LogP contribution in [0.3, 0.4) is 0 Å². The first-order valence-corrected chi connectivity index (χ1v) is 5.40. The van der Waals surface area contributed by atoms with Crippen molar-refractivity contribution < 1.29 is 4.52 Å². The van der Waals surface area contributed by atoms with Crippen LogP contribution in [0.2, 0.25) is 0 Å². The summed E-state index contributed by atoms with van der Waals surface area (Å²) in [5, 5.41) is 7.56. The Morgan fingerprint density at radius 1 is 1.57 bits per heavy atom. The number of aryl methyl sites for hydroxylation is 1. The van der Waals surface area contributed by atoms with Gasteiger partial charge >= 0.3 is 0 Å². The molecule has 2 unspecified atom stereocenters. The lowest BCUT2D eigenvalue weighted by Gasteiger charge is -2.28. The Morgan fingerprint density at radius 3 is 3.14 bits per heavy atom.